The van der Waals surface area contributed by atoms with E-state index in [-0.39, 0.29) is 169 Å². The molecular weight excluding hydrogens is 1670 g/mol. The number of benzene rings is 10. The topological polar surface area (TPSA) is 553 Å². The van der Waals surface area contributed by atoms with Gasteiger partial charge in [0.05, 0.1) is 84.0 Å². The van der Waals surface area contributed by atoms with E-state index in [1.165, 1.54) is 149 Å². The molecule has 4 radical (unpaired) electrons. The van der Waals surface area contributed by atoms with Crippen LogP contribution in [0, 0.1) is 45.3 Å². The summed E-state index contributed by atoms with van der Waals surface area (Å²) in [6.07, 6.45) is 0. The van der Waals surface area contributed by atoms with Crippen LogP contribution in [0.2, 0.25) is 0 Å². The average molecular weight is 1740 g/mol. The summed E-state index contributed by atoms with van der Waals surface area (Å²) in [6.45, 7) is 5.72. The van der Waals surface area contributed by atoms with Crippen molar-refractivity contribution in [3.05, 3.63) is 359 Å². The molecule has 0 aliphatic rings. The Labute approximate surface area is 698 Å². The van der Waals surface area contributed by atoms with Gasteiger partial charge in [-0.3, -0.25) is 0 Å². The van der Waals surface area contributed by atoms with Crippen molar-refractivity contribution in [2.45, 2.75) is 27.7 Å². The second-order valence-electron chi connectivity index (χ2n) is 17.4. The minimum Gasteiger partial charge on any atom is -2.00 e. The van der Waals surface area contributed by atoms with Crippen LogP contribution >= 0.6 is 0 Å². The summed E-state index contributed by atoms with van der Waals surface area (Å²) in [4.78, 5) is 101. The van der Waals surface area contributed by atoms with E-state index in [0.29, 0.717) is 0 Å². The Morgan fingerprint density at radius 3 is 0.255 bits per heavy atom. The van der Waals surface area contributed by atoms with E-state index in [1.807, 2.05) is 0 Å². The van der Waals surface area contributed by atoms with Crippen LogP contribution in [-0.4, -0.2) is 59.7 Å². The molecule has 110 heavy (non-hydrogen) atoms. The summed E-state index contributed by atoms with van der Waals surface area (Å²) in [5.41, 5.74) is 2.20. The molecule has 10 aromatic carbocycles. The molecule has 0 aliphatic heterocycles. The Bertz CT molecular complexity index is 3290. The third kappa shape index (κ3) is 74.2. The van der Waals surface area contributed by atoms with Gasteiger partial charge in [-0.1, -0.05) is 303 Å². The van der Waals surface area contributed by atoms with Crippen molar-refractivity contribution in [2.24, 2.45) is 0 Å². The second kappa shape index (κ2) is 85.8. The summed E-state index contributed by atoms with van der Waals surface area (Å²) in [5, 5.41) is 130. The number of carboxylic acids is 10. The molecule has 0 bridgehead atoms. The summed E-state index contributed by atoms with van der Waals surface area (Å²) in [5.74, 6) is -11.3. The molecule has 0 saturated carbocycles. The van der Waals surface area contributed by atoms with Crippen LogP contribution < -0.4 is 51.1 Å². The van der Waals surface area contributed by atoms with Gasteiger partial charge in [0.2, 0.25) is 0 Å². The minimum absolute atomic E-state index is 0. The Kier molecular flexibility index (Phi) is 97.2. The number of hydrogen-bond donors (Lipinski definition) is 0. The molecule has 0 amide bonds. The fraction of sp³-hybridized carbons (Fsp3) is 0.0513. The van der Waals surface area contributed by atoms with Crippen molar-refractivity contribution in [1.82, 2.24) is 0 Å². The monoisotopic (exact) mass is 1740 g/mol. The van der Waals surface area contributed by atoms with Crippen LogP contribution in [-0.2, 0) is 113 Å². The molecule has 568 valence electrons. The van der Waals surface area contributed by atoms with Crippen molar-refractivity contribution in [1.29, 1.82) is 21.0 Å². The van der Waals surface area contributed by atoms with Crippen molar-refractivity contribution in [3.8, 4) is 24.3 Å². The molecule has 10 rings (SSSR count). The number of nitrogens with zero attached hydrogens (tertiary/aromatic N) is 4. The minimum atomic E-state index is -1.13. The van der Waals surface area contributed by atoms with Crippen molar-refractivity contribution >= 4 is 59.7 Å². The Balaban J connectivity index is -0.0000000947. The third-order valence-corrected chi connectivity index (χ3v) is 10.1. The van der Waals surface area contributed by atoms with E-state index in [1.54, 1.807) is 206 Å². The van der Waals surface area contributed by atoms with Gasteiger partial charge in [0.1, 0.15) is 0 Å². The molecule has 0 saturated heterocycles. The first-order valence-electron chi connectivity index (χ1n) is 28.6. The molecule has 0 spiro atoms. The summed E-state index contributed by atoms with van der Waals surface area (Å²) >= 11 is 0. The van der Waals surface area contributed by atoms with Crippen LogP contribution in [0.3, 0.4) is 0 Å². The van der Waals surface area contributed by atoms with Gasteiger partial charge in [-0.2, -0.15) is 21.0 Å². The fourth-order valence-corrected chi connectivity index (χ4v) is 5.74. The van der Waals surface area contributed by atoms with Crippen LogP contribution in [0.1, 0.15) is 131 Å². The van der Waals surface area contributed by atoms with E-state index in [0.717, 1.165) is 0 Å². The zero-order valence-electron chi connectivity index (χ0n) is 57.9. The normalized spacial score (nSPS) is 7.56. The molecular formula is C78H62Mn6N4O22. The van der Waals surface area contributed by atoms with Gasteiger partial charge in [-0.25, -0.2) is 0 Å². The van der Waals surface area contributed by atoms with Gasteiger partial charge < -0.3 is 110 Å². The van der Waals surface area contributed by atoms with Crippen LogP contribution in [0.4, 0.5) is 0 Å². The Morgan fingerprint density at radius 1 is 0.182 bits per heavy atom. The van der Waals surface area contributed by atoms with E-state index < -0.39 is 59.7 Å². The molecule has 0 fully saturated rings. The number of hydrogen-bond acceptors (Lipinski definition) is 24. The van der Waals surface area contributed by atoms with E-state index in [2.05, 4.69) is 0 Å². The fourth-order valence-electron chi connectivity index (χ4n) is 5.74. The molecule has 0 aliphatic carbocycles. The molecule has 10 aromatic rings. The largest absolute Gasteiger partial charge is 3.00 e. The maximum Gasteiger partial charge on any atom is 3.00 e. The quantitative estimate of drug-likeness (QED) is 0.177. The van der Waals surface area contributed by atoms with Gasteiger partial charge in [0.15, 0.2) is 0 Å². The molecule has 0 heterocycles. The molecule has 32 heteroatoms. The third-order valence-electron chi connectivity index (χ3n) is 10.1. The van der Waals surface area contributed by atoms with Crippen LogP contribution in [0.15, 0.2) is 303 Å². The first-order valence-corrected chi connectivity index (χ1v) is 28.6. The summed E-state index contributed by atoms with van der Waals surface area (Å²) in [6, 6.07) is 87.6. The molecule has 0 aromatic heterocycles. The van der Waals surface area contributed by atoms with Crippen molar-refractivity contribution < 1.29 is 212 Å². The van der Waals surface area contributed by atoms with E-state index in [9.17, 15) is 99.0 Å². The standard InChI is InChI=1S/10C7H6O2.4C2H3N.6Mn.2O/c10*8-7(9)6-4-2-1-3-5-6;4*1-2-3;;;;;;;;/h10*1-5H,(H,8,9);4*1H3;;;;;;;;/q;;;;;;;;;;;;;;4*+2;2*+3;2*-2/p-10. The number of aromatic carboxylic acids is 10. The number of carbonyl (C=O) groups is 10. The number of rotatable bonds is 10. The van der Waals surface area contributed by atoms with Gasteiger partial charge in [0, 0.05) is 27.7 Å². The first kappa shape index (κ1) is 125. The Morgan fingerprint density at radius 2 is 0.227 bits per heavy atom. The maximum atomic E-state index is 10.1. The molecule has 0 N–H and O–H groups in total. The number of nitriles is 4. The second-order valence-corrected chi connectivity index (χ2v) is 17.4. The summed E-state index contributed by atoms with van der Waals surface area (Å²) < 4.78 is 0. The van der Waals surface area contributed by atoms with Gasteiger partial charge in [-0.15, -0.1) is 0 Å². The molecule has 26 nitrogen and oxygen atoms in total. The predicted octanol–water partition coefficient (Wildman–Crippen LogP) is 2.37. The van der Waals surface area contributed by atoms with Crippen LogP contribution in [0.5, 0.6) is 0 Å². The smallest absolute Gasteiger partial charge is 2.00 e. The Hall–Kier alpha value is -12.1. The van der Waals surface area contributed by atoms with Crippen molar-refractivity contribution in [2.75, 3.05) is 0 Å². The number of carboxylic acid groups (broad SMARTS) is 10. The van der Waals surface area contributed by atoms with Gasteiger partial charge in [0.25, 0.3) is 0 Å². The first-order chi connectivity index (χ1) is 48.7. The molecule has 0 unspecified atom stereocenters. The predicted molar refractivity (Wildman–Crippen MR) is 354 cm³/mol. The van der Waals surface area contributed by atoms with Gasteiger partial charge in [-0.05, 0) is 55.6 Å². The summed E-state index contributed by atoms with van der Waals surface area (Å²) in [7, 11) is 0. The van der Waals surface area contributed by atoms with Gasteiger partial charge >= 0.3 is 102 Å². The number of carbonyl (C=O) groups excluding carboxylic acids is 10. The molecule has 0 atom stereocenters. The van der Waals surface area contributed by atoms with Crippen molar-refractivity contribution in [3.63, 3.8) is 0 Å². The zero-order valence-corrected chi connectivity index (χ0v) is 65.0. The van der Waals surface area contributed by atoms with E-state index in [4.69, 9.17) is 21.0 Å². The van der Waals surface area contributed by atoms with Crippen LogP contribution in [0.25, 0.3) is 0 Å². The SMILES string of the molecule is CC#N.CC#N.CC#N.CC#N.O=C([O-])c1ccccc1.O=C([O-])c1ccccc1.O=C([O-])c1ccccc1.O=C([O-])c1ccccc1.O=C([O-])c1ccccc1.O=C([O-])c1ccccc1.O=C([O-])c1ccccc1.O=C([O-])c1ccccc1.O=C([O-])c1ccccc1.O=C([O-])c1ccccc1.[Mn+2].[Mn+2].[Mn+2].[Mn+2].[Mn+3].[Mn+3].[O-2].[O-2]. The average Bonchev–Trinajstić information content (AvgIpc) is 1.06. The zero-order chi connectivity index (χ0) is 77.7. The van der Waals surface area contributed by atoms with E-state index >= 15 is 0 Å². The maximum absolute atomic E-state index is 10.1.